The minimum absolute atomic E-state index is 0.307. The summed E-state index contributed by atoms with van der Waals surface area (Å²) in [5.74, 6) is 0.987. The summed E-state index contributed by atoms with van der Waals surface area (Å²) in [6.07, 6.45) is 2.24. The van der Waals surface area contributed by atoms with Gasteiger partial charge in [0.15, 0.2) is 11.5 Å². The van der Waals surface area contributed by atoms with Crippen molar-refractivity contribution in [2.24, 2.45) is 0 Å². The number of nitrogens with zero attached hydrogens (tertiary/aromatic N) is 2. The molecule has 2 aliphatic heterocycles. The molecule has 3 rings (SSSR count). The van der Waals surface area contributed by atoms with Crippen LogP contribution in [0.3, 0.4) is 0 Å². The molecule has 6 nitrogen and oxygen atoms in total. The number of sulfonamides is 1. The van der Waals surface area contributed by atoms with E-state index in [0.717, 1.165) is 25.9 Å². The van der Waals surface area contributed by atoms with Crippen LogP contribution in [0.15, 0.2) is 17.0 Å². The monoisotopic (exact) mass is 340 g/mol. The number of aryl methyl sites for hydroxylation is 1. The van der Waals surface area contributed by atoms with E-state index in [1.54, 1.807) is 30.5 Å². The fourth-order valence-corrected chi connectivity index (χ4v) is 5.25. The Morgan fingerprint density at radius 2 is 1.78 bits per heavy atom. The first-order valence-corrected chi connectivity index (χ1v) is 9.38. The first-order chi connectivity index (χ1) is 11.0. The number of hydrogen-bond acceptors (Lipinski definition) is 5. The van der Waals surface area contributed by atoms with Gasteiger partial charge >= 0.3 is 0 Å². The van der Waals surface area contributed by atoms with Gasteiger partial charge in [0.1, 0.15) is 0 Å². The molecule has 7 heteroatoms. The summed E-state index contributed by atoms with van der Waals surface area (Å²) in [6.45, 7) is 4.83. The maximum absolute atomic E-state index is 13.1. The maximum atomic E-state index is 13.1. The highest BCUT2D eigenvalue weighted by molar-refractivity contribution is 7.89. The molecular weight excluding hydrogens is 316 g/mol. The highest BCUT2D eigenvalue weighted by Crippen LogP contribution is 2.34. The summed E-state index contributed by atoms with van der Waals surface area (Å²) in [5, 5.41) is 0. The van der Waals surface area contributed by atoms with Gasteiger partial charge in [-0.05, 0) is 37.9 Å². The number of rotatable bonds is 4. The Morgan fingerprint density at radius 3 is 2.48 bits per heavy atom. The lowest BCUT2D eigenvalue weighted by atomic mass is 10.2. The highest BCUT2D eigenvalue weighted by atomic mass is 32.2. The van der Waals surface area contributed by atoms with Crippen molar-refractivity contribution in [3.05, 3.63) is 17.7 Å². The second-order valence-electron chi connectivity index (χ2n) is 6.17. The lowest BCUT2D eigenvalue weighted by Crippen LogP contribution is -2.51. The van der Waals surface area contributed by atoms with E-state index in [4.69, 9.17) is 9.47 Å². The highest BCUT2D eigenvalue weighted by Gasteiger charge is 2.37. The number of benzene rings is 1. The van der Waals surface area contributed by atoms with Crippen molar-refractivity contribution >= 4 is 10.0 Å². The van der Waals surface area contributed by atoms with E-state index < -0.39 is 10.0 Å². The van der Waals surface area contributed by atoms with E-state index in [-0.39, 0.29) is 0 Å². The van der Waals surface area contributed by atoms with Crippen LogP contribution in [0.2, 0.25) is 0 Å². The van der Waals surface area contributed by atoms with Crippen molar-refractivity contribution in [2.75, 3.05) is 40.4 Å². The normalized spacial score (nSPS) is 22.8. The molecule has 2 heterocycles. The van der Waals surface area contributed by atoms with Gasteiger partial charge in [-0.25, -0.2) is 8.42 Å². The van der Waals surface area contributed by atoms with Crippen LogP contribution in [0.4, 0.5) is 0 Å². The Kier molecular flexibility index (Phi) is 4.53. The molecule has 0 aliphatic carbocycles. The molecule has 0 aromatic heterocycles. The number of ether oxygens (including phenoxy) is 2. The molecule has 0 unspecified atom stereocenters. The van der Waals surface area contributed by atoms with Crippen LogP contribution in [0.1, 0.15) is 18.4 Å². The van der Waals surface area contributed by atoms with Gasteiger partial charge in [-0.1, -0.05) is 0 Å². The molecule has 2 fully saturated rings. The number of hydrogen-bond donors (Lipinski definition) is 0. The molecule has 2 saturated heterocycles. The van der Waals surface area contributed by atoms with Crippen LogP contribution in [0.25, 0.3) is 0 Å². The SMILES string of the molecule is COc1cc(C)c(S(=O)(=O)N2CCN3CCC[C@@H]3C2)cc1OC. The first kappa shape index (κ1) is 16.5. The van der Waals surface area contributed by atoms with Gasteiger partial charge in [0, 0.05) is 31.7 Å². The predicted octanol–water partition coefficient (Wildman–Crippen LogP) is 1.48. The van der Waals surface area contributed by atoms with E-state index in [1.807, 2.05) is 0 Å². The quantitative estimate of drug-likeness (QED) is 0.831. The topological polar surface area (TPSA) is 59.1 Å². The first-order valence-electron chi connectivity index (χ1n) is 7.94. The van der Waals surface area contributed by atoms with Crippen molar-refractivity contribution in [1.29, 1.82) is 0 Å². The summed E-state index contributed by atoms with van der Waals surface area (Å²) < 4.78 is 38.3. The minimum Gasteiger partial charge on any atom is -0.493 e. The maximum Gasteiger partial charge on any atom is 0.243 e. The Balaban J connectivity index is 1.93. The van der Waals surface area contributed by atoms with Gasteiger partial charge in [-0.15, -0.1) is 0 Å². The zero-order chi connectivity index (χ0) is 16.6. The van der Waals surface area contributed by atoms with Crippen LogP contribution in [0.5, 0.6) is 11.5 Å². The average Bonchev–Trinajstić information content (AvgIpc) is 3.01. The number of methoxy groups -OCH3 is 2. The van der Waals surface area contributed by atoms with Crippen molar-refractivity contribution < 1.29 is 17.9 Å². The zero-order valence-corrected chi connectivity index (χ0v) is 14.7. The Hall–Kier alpha value is -1.31. The lowest BCUT2D eigenvalue weighted by Gasteiger charge is -2.36. The third kappa shape index (κ3) is 2.93. The second kappa shape index (κ2) is 6.30. The molecule has 0 N–H and O–H groups in total. The van der Waals surface area contributed by atoms with Crippen LogP contribution in [-0.2, 0) is 10.0 Å². The van der Waals surface area contributed by atoms with E-state index in [2.05, 4.69) is 4.90 Å². The van der Waals surface area contributed by atoms with Crippen LogP contribution < -0.4 is 9.47 Å². The Labute approximate surface area is 138 Å². The lowest BCUT2D eigenvalue weighted by molar-refractivity contribution is 0.158. The van der Waals surface area contributed by atoms with E-state index in [9.17, 15) is 8.42 Å². The Bertz CT molecular complexity index is 690. The molecule has 0 amide bonds. The summed E-state index contributed by atoms with van der Waals surface area (Å²) >= 11 is 0. The predicted molar refractivity (Wildman–Crippen MR) is 87.6 cm³/mol. The van der Waals surface area contributed by atoms with Gasteiger partial charge in [-0.2, -0.15) is 4.31 Å². The van der Waals surface area contributed by atoms with Crippen LogP contribution >= 0.6 is 0 Å². The van der Waals surface area contributed by atoms with Gasteiger partial charge < -0.3 is 9.47 Å². The van der Waals surface area contributed by atoms with Gasteiger partial charge in [0.05, 0.1) is 19.1 Å². The summed E-state index contributed by atoms with van der Waals surface area (Å²) in [6, 6.07) is 3.65. The molecule has 0 radical (unpaired) electrons. The standard InChI is InChI=1S/C16H24N2O4S/c1-12-9-14(21-2)15(22-3)10-16(12)23(19,20)18-8-7-17-6-4-5-13(17)11-18/h9-10,13H,4-8,11H2,1-3H3/t13-/m1/s1. The van der Waals surface area contributed by atoms with Crippen molar-refractivity contribution in [3.8, 4) is 11.5 Å². The van der Waals surface area contributed by atoms with E-state index in [0.29, 0.717) is 41.1 Å². The molecule has 1 aromatic carbocycles. The molecule has 1 aromatic rings. The molecule has 23 heavy (non-hydrogen) atoms. The summed E-state index contributed by atoms with van der Waals surface area (Å²) in [5.41, 5.74) is 0.677. The fourth-order valence-electron chi connectivity index (χ4n) is 3.56. The Morgan fingerprint density at radius 1 is 1.09 bits per heavy atom. The summed E-state index contributed by atoms with van der Waals surface area (Å²) in [4.78, 5) is 2.70. The van der Waals surface area contributed by atoms with Crippen molar-refractivity contribution in [1.82, 2.24) is 9.21 Å². The third-order valence-corrected chi connectivity index (χ3v) is 6.86. The second-order valence-corrected chi connectivity index (χ2v) is 8.07. The molecule has 2 aliphatic rings. The summed E-state index contributed by atoms with van der Waals surface area (Å²) in [7, 11) is -0.457. The van der Waals surface area contributed by atoms with Crippen molar-refractivity contribution in [2.45, 2.75) is 30.7 Å². The molecule has 1 atom stereocenters. The minimum atomic E-state index is -3.52. The number of piperazine rings is 1. The largest absolute Gasteiger partial charge is 0.493 e. The fraction of sp³-hybridized carbons (Fsp3) is 0.625. The zero-order valence-electron chi connectivity index (χ0n) is 13.9. The van der Waals surface area contributed by atoms with Gasteiger partial charge in [0.2, 0.25) is 10.0 Å². The molecule has 0 bridgehead atoms. The number of fused-ring (bicyclic) bond motifs is 1. The molecular formula is C16H24N2O4S. The van der Waals surface area contributed by atoms with Crippen LogP contribution in [0, 0.1) is 6.92 Å². The molecule has 128 valence electrons. The van der Waals surface area contributed by atoms with Gasteiger partial charge in [-0.3, -0.25) is 4.90 Å². The molecule has 0 saturated carbocycles. The van der Waals surface area contributed by atoms with Gasteiger partial charge in [0.25, 0.3) is 0 Å². The third-order valence-electron chi connectivity index (χ3n) is 4.85. The van der Waals surface area contributed by atoms with Crippen molar-refractivity contribution in [3.63, 3.8) is 0 Å². The van der Waals surface area contributed by atoms with E-state index >= 15 is 0 Å². The average molecular weight is 340 g/mol. The molecule has 0 spiro atoms. The van der Waals surface area contributed by atoms with Crippen LogP contribution in [-0.4, -0.2) is 64.1 Å². The van der Waals surface area contributed by atoms with E-state index in [1.165, 1.54) is 7.11 Å². The smallest absolute Gasteiger partial charge is 0.243 e.